The van der Waals surface area contributed by atoms with E-state index in [-0.39, 0.29) is 23.5 Å². The van der Waals surface area contributed by atoms with Gasteiger partial charge in [0.05, 0.1) is 24.5 Å². The zero-order chi connectivity index (χ0) is 14.6. The molecule has 6 heteroatoms. The number of nitrogens with zero attached hydrogens (tertiary/aromatic N) is 2. The molecule has 1 amide bonds. The highest BCUT2D eigenvalue weighted by molar-refractivity contribution is 5.94. The summed E-state index contributed by atoms with van der Waals surface area (Å²) < 4.78 is 11.2. The molecule has 4 heterocycles. The zero-order valence-electron chi connectivity index (χ0n) is 12.5. The van der Waals surface area contributed by atoms with Crippen molar-refractivity contribution in [1.29, 1.82) is 0 Å². The van der Waals surface area contributed by atoms with Crippen molar-refractivity contribution in [1.82, 2.24) is 15.1 Å². The highest BCUT2D eigenvalue weighted by atomic mass is 16.5. The lowest BCUT2D eigenvalue weighted by atomic mass is 9.79. The molecule has 114 valence electrons. The maximum Gasteiger partial charge on any atom is 0.274 e. The summed E-state index contributed by atoms with van der Waals surface area (Å²) in [5, 5.41) is 7.27. The molecular weight excluding hydrogens is 270 g/mol. The fraction of sp³-hybridized carbons (Fsp3) is 0.733. The number of rotatable bonds is 1. The second kappa shape index (κ2) is 4.55. The second-order valence-electron chi connectivity index (χ2n) is 6.72. The van der Waals surface area contributed by atoms with Gasteiger partial charge in [0, 0.05) is 37.1 Å². The Bertz CT molecular complexity index is 569. The average Bonchev–Trinajstić information content (AvgIpc) is 3.02. The Labute approximate surface area is 123 Å². The monoisotopic (exact) mass is 291 g/mol. The number of aromatic amines is 1. The van der Waals surface area contributed by atoms with E-state index < -0.39 is 0 Å². The molecule has 1 spiro atoms. The molecule has 21 heavy (non-hydrogen) atoms. The van der Waals surface area contributed by atoms with Crippen molar-refractivity contribution >= 4 is 5.91 Å². The third kappa shape index (κ3) is 2.00. The van der Waals surface area contributed by atoms with Gasteiger partial charge in [0.25, 0.3) is 5.91 Å². The molecule has 0 aliphatic carbocycles. The number of ether oxygens (including phenoxy) is 2. The Balaban J connectivity index is 1.54. The van der Waals surface area contributed by atoms with E-state index in [2.05, 4.69) is 10.2 Å². The molecule has 3 aliphatic rings. The molecule has 0 unspecified atom stereocenters. The van der Waals surface area contributed by atoms with Crippen molar-refractivity contribution in [3.63, 3.8) is 0 Å². The van der Waals surface area contributed by atoms with E-state index in [1.165, 1.54) is 0 Å². The number of nitrogens with one attached hydrogen (secondary N) is 1. The first-order valence-electron chi connectivity index (χ1n) is 7.68. The van der Waals surface area contributed by atoms with Crippen LogP contribution in [-0.2, 0) is 15.9 Å². The molecule has 6 nitrogen and oxygen atoms in total. The minimum absolute atomic E-state index is 0.0243. The standard InChI is InChI=1S/C15H21N3O3/c1-9-5-11-12(10(2)21-9)16-17-13(11)14(19)18-6-15(7-18)3-4-20-8-15/h9-10H,3-8H2,1-2H3,(H,16,17)/t9-,10+/m1/s1. The SMILES string of the molecule is C[C@@H]1Cc2c(C(=O)N3CC4(CCOC4)C3)n[nH]c2[C@H](C)O1. The van der Waals surface area contributed by atoms with Crippen molar-refractivity contribution in [3.05, 3.63) is 17.0 Å². The van der Waals surface area contributed by atoms with Crippen LogP contribution in [0, 0.1) is 5.41 Å². The number of carbonyl (C=O) groups is 1. The van der Waals surface area contributed by atoms with Gasteiger partial charge >= 0.3 is 0 Å². The Morgan fingerprint density at radius 3 is 2.95 bits per heavy atom. The van der Waals surface area contributed by atoms with Crippen molar-refractivity contribution in [2.24, 2.45) is 5.41 Å². The fourth-order valence-corrected chi connectivity index (χ4v) is 3.81. The number of likely N-dealkylation sites (tertiary alicyclic amines) is 1. The summed E-state index contributed by atoms with van der Waals surface area (Å²) in [4.78, 5) is 14.6. The molecule has 4 rings (SSSR count). The highest BCUT2D eigenvalue weighted by Gasteiger charge is 2.48. The van der Waals surface area contributed by atoms with Crippen LogP contribution in [0.4, 0.5) is 0 Å². The summed E-state index contributed by atoms with van der Waals surface area (Å²) in [6.07, 6.45) is 1.92. The Morgan fingerprint density at radius 2 is 2.24 bits per heavy atom. The minimum Gasteiger partial charge on any atom is -0.381 e. The van der Waals surface area contributed by atoms with Gasteiger partial charge in [0.15, 0.2) is 5.69 Å². The molecule has 0 bridgehead atoms. The molecule has 0 aromatic carbocycles. The van der Waals surface area contributed by atoms with Crippen LogP contribution in [0.5, 0.6) is 0 Å². The van der Waals surface area contributed by atoms with E-state index >= 15 is 0 Å². The molecule has 2 atom stereocenters. The number of carbonyl (C=O) groups excluding carboxylic acids is 1. The van der Waals surface area contributed by atoms with Crippen LogP contribution in [0.25, 0.3) is 0 Å². The van der Waals surface area contributed by atoms with Gasteiger partial charge in [-0.15, -0.1) is 0 Å². The van der Waals surface area contributed by atoms with Gasteiger partial charge in [-0.25, -0.2) is 0 Å². The van der Waals surface area contributed by atoms with E-state index in [0.29, 0.717) is 5.69 Å². The molecule has 2 saturated heterocycles. The predicted molar refractivity (Wildman–Crippen MR) is 75.0 cm³/mol. The van der Waals surface area contributed by atoms with E-state index in [1.54, 1.807) is 0 Å². The minimum atomic E-state index is -0.0243. The fourth-order valence-electron chi connectivity index (χ4n) is 3.81. The first-order valence-corrected chi connectivity index (χ1v) is 7.68. The maximum atomic E-state index is 12.7. The van der Waals surface area contributed by atoms with Gasteiger partial charge in [-0.3, -0.25) is 9.89 Å². The summed E-state index contributed by atoms with van der Waals surface area (Å²) in [5.41, 5.74) is 2.79. The number of fused-ring (bicyclic) bond motifs is 1. The van der Waals surface area contributed by atoms with Crippen molar-refractivity contribution < 1.29 is 14.3 Å². The predicted octanol–water partition coefficient (Wildman–Crippen LogP) is 1.29. The summed E-state index contributed by atoms with van der Waals surface area (Å²) in [7, 11) is 0. The molecule has 0 saturated carbocycles. The first-order chi connectivity index (χ1) is 10.1. The maximum absolute atomic E-state index is 12.7. The lowest BCUT2D eigenvalue weighted by Gasteiger charge is -2.46. The highest BCUT2D eigenvalue weighted by Crippen LogP contribution is 2.39. The summed E-state index contributed by atoms with van der Waals surface area (Å²) in [6.45, 7) is 7.25. The Kier molecular flexibility index (Phi) is 2.87. The van der Waals surface area contributed by atoms with E-state index in [0.717, 1.165) is 50.4 Å². The largest absolute Gasteiger partial charge is 0.381 e. The Morgan fingerprint density at radius 1 is 1.43 bits per heavy atom. The number of hydrogen-bond acceptors (Lipinski definition) is 4. The van der Waals surface area contributed by atoms with Crippen LogP contribution in [-0.4, -0.2) is 53.4 Å². The number of hydrogen-bond donors (Lipinski definition) is 1. The topological polar surface area (TPSA) is 67.5 Å². The van der Waals surface area contributed by atoms with Gasteiger partial charge in [-0.05, 0) is 20.3 Å². The van der Waals surface area contributed by atoms with Crippen LogP contribution >= 0.6 is 0 Å². The third-order valence-corrected chi connectivity index (χ3v) is 4.96. The number of aromatic nitrogens is 2. The molecule has 2 fully saturated rings. The van der Waals surface area contributed by atoms with Crippen LogP contribution < -0.4 is 0 Å². The smallest absolute Gasteiger partial charge is 0.274 e. The van der Waals surface area contributed by atoms with Crippen LogP contribution in [0.15, 0.2) is 0 Å². The first kappa shape index (κ1) is 13.3. The quantitative estimate of drug-likeness (QED) is 0.847. The van der Waals surface area contributed by atoms with Gasteiger partial charge < -0.3 is 14.4 Å². The molecule has 0 radical (unpaired) electrons. The van der Waals surface area contributed by atoms with E-state index in [4.69, 9.17) is 9.47 Å². The summed E-state index contributed by atoms with van der Waals surface area (Å²) in [6, 6.07) is 0. The van der Waals surface area contributed by atoms with Gasteiger partial charge in [0.1, 0.15) is 0 Å². The number of H-pyrrole nitrogens is 1. The van der Waals surface area contributed by atoms with Crippen LogP contribution in [0.2, 0.25) is 0 Å². The molecule has 1 aromatic heterocycles. The van der Waals surface area contributed by atoms with E-state index in [1.807, 2.05) is 18.7 Å². The van der Waals surface area contributed by atoms with Crippen molar-refractivity contribution in [2.45, 2.75) is 38.9 Å². The van der Waals surface area contributed by atoms with Gasteiger partial charge in [-0.2, -0.15) is 5.10 Å². The second-order valence-corrected chi connectivity index (χ2v) is 6.72. The summed E-state index contributed by atoms with van der Waals surface area (Å²) >= 11 is 0. The molecule has 1 N–H and O–H groups in total. The van der Waals surface area contributed by atoms with Crippen LogP contribution in [0.3, 0.4) is 0 Å². The lowest BCUT2D eigenvalue weighted by Crippen LogP contribution is -2.59. The van der Waals surface area contributed by atoms with Gasteiger partial charge in [0.2, 0.25) is 0 Å². The average molecular weight is 291 g/mol. The number of amides is 1. The lowest BCUT2D eigenvalue weighted by molar-refractivity contribution is -0.00802. The van der Waals surface area contributed by atoms with Crippen molar-refractivity contribution in [2.75, 3.05) is 26.3 Å². The van der Waals surface area contributed by atoms with Crippen molar-refractivity contribution in [3.8, 4) is 0 Å². The summed E-state index contributed by atoms with van der Waals surface area (Å²) in [5.74, 6) is 0.0475. The zero-order valence-corrected chi connectivity index (χ0v) is 12.5. The normalized spacial score (nSPS) is 30.3. The van der Waals surface area contributed by atoms with E-state index in [9.17, 15) is 4.79 Å². The molecule has 1 aromatic rings. The van der Waals surface area contributed by atoms with Gasteiger partial charge in [-0.1, -0.05) is 0 Å². The molecular formula is C15H21N3O3. The Hall–Kier alpha value is -1.40. The molecule has 3 aliphatic heterocycles. The third-order valence-electron chi connectivity index (χ3n) is 4.96. The van der Waals surface area contributed by atoms with Crippen LogP contribution in [0.1, 0.15) is 48.1 Å².